The lowest BCUT2D eigenvalue weighted by atomic mass is 10.3. The first-order chi connectivity index (χ1) is 5.46. The monoisotopic (exact) mass is 192 g/mol. The van der Waals surface area contributed by atoms with E-state index in [9.17, 15) is 4.57 Å². The lowest BCUT2D eigenvalue weighted by Crippen LogP contribution is -2.18. The maximum atomic E-state index is 12.0. The Bertz CT molecular complexity index is 183. The number of hydrogen-bond donors (Lipinski definition) is 0. The van der Waals surface area contributed by atoms with Crippen LogP contribution in [0.5, 0.6) is 0 Å². The molecule has 72 valence electrons. The molecular weight excluding hydrogens is 175 g/mol. The fourth-order valence-electron chi connectivity index (χ4n) is 0.998. The molecule has 1 aliphatic rings. The average molecular weight is 192 g/mol. The zero-order chi connectivity index (χ0) is 9.24. The number of hydrogen-bond acceptors (Lipinski definition) is 3. The van der Waals surface area contributed by atoms with E-state index in [1.165, 1.54) is 0 Å². The molecule has 3 nitrogen and oxygen atoms in total. The highest BCUT2D eigenvalue weighted by atomic mass is 31.2. The lowest BCUT2D eigenvalue weighted by Gasteiger charge is -2.27. The predicted molar refractivity (Wildman–Crippen MR) is 48.5 cm³/mol. The van der Waals surface area contributed by atoms with Gasteiger partial charge in [0, 0.05) is 0 Å². The minimum Gasteiger partial charge on any atom is -0.308 e. The molecule has 1 aliphatic heterocycles. The van der Waals surface area contributed by atoms with Gasteiger partial charge in [0.15, 0.2) is 0 Å². The van der Waals surface area contributed by atoms with Crippen LogP contribution < -0.4 is 0 Å². The van der Waals surface area contributed by atoms with Gasteiger partial charge in [0.1, 0.15) is 0 Å². The van der Waals surface area contributed by atoms with Gasteiger partial charge in [-0.25, -0.2) is 0 Å². The Labute approximate surface area is 74.0 Å². The topological polar surface area (TPSA) is 35.5 Å². The smallest absolute Gasteiger partial charge is 0.308 e. The lowest BCUT2D eigenvalue weighted by molar-refractivity contribution is 0.221. The molecule has 0 atom stereocenters. The van der Waals surface area contributed by atoms with Gasteiger partial charge in [-0.2, -0.15) is 0 Å². The first-order valence-electron chi connectivity index (χ1n) is 4.35. The van der Waals surface area contributed by atoms with Crippen LogP contribution in [0.15, 0.2) is 0 Å². The highest BCUT2D eigenvalue weighted by Gasteiger charge is 2.40. The quantitative estimate of drug-likeness (QED) is 0.553. The molecule has 12 heavy (non-hydrogen) atoms. The Balaban J connectivity index is 2.74. The van der Waals surface area contributed by atoms with Gasteiger partial charge in [-0.1, -0.05) is 0 Å². The number of rotatable bonds is 0. The Hall–Kier alpha value is 0.150. The minimum absolute atomic E-state index is 0.392. The molecule has 0 unspecified atom stereocenters. The first-order valence-corrected chi connectivity index (χ1v) is 5.89. The van der Waals surface area contributed by atoms with Gasteiger partial charge in [0.25, 0.3) is 0 Å². The summed E-state index contributed by atoms with van der Waals surface area (Å²) in [5.41, 5.74) is 0. The van der Waals surface area contributed by atoms with E-state index in [2.05, 4.69) is 0 Å². The molecule has 4 heteroatoms. The van der Waals surface area contributed by atoms with Gasteiger partial charge >= 0.3 is 7.60 Å². The van der Waals surface area contributed by atoms with E-state index in [1.807, 2.05) is 20.8 Å². The van der Waals surface area contributed by atoms with Crippen LogP contribution in [-0.4, -0.2) is 18.4 Å². The van der Waals surface area contributed by atoms with Crippen molar-refractivity contribution in [1.82, 2.24) is 0 Å². The van der Waals surface area contributed by atoms with Gasteiger partial charge in [-0.3, -0.25) is 4.57 Å². The van der Waals surface area contributed by atoms with Crippen LogP contribution in [0.3, 0.4) is 0 Å². The molecule has 0 bridgehead atoms. The van der Waals surface area contributed by atoms with E-state index in [0.717, 1.165) is 12.8 Å². The molecule has 0 aromatic carbocycles. The summed E-state index contributed by atoms with van der Waals surface area (Å²) < 4.78 is 22.6. The van der Waals surface area contributed by atoms with Crippen LogP contribution in [0.1, 0.15) is 33.6 Å². The summed E-state index contributed by atoms with van der Waals surface area (Å²) in [5.74, 6) is 0. The molecule has 0 spiro atoms. The van der Waals surface area contributed by atoms with Crippen LogP contribution in [0.2, 0.25) is 0 Å². The standard InChI is InChI=1S/C8H17O3P/c1-8(2,3)12(9)10-6-4-5-7-11-12/h4-7H2,1-3H3. The maximum Gasteiger partial charge on any atom is 0.335 e. The molecule has 0 radical (unpaired) electrons. The Morgan fingerprint density at radius 3 is 1.83 bits per heavy atom. The highest BCUT2D eigenvalue weighted by Crippen LogP contribution is 2.60. The molecule has 0 N–H and O–H groups in total. The fraction of sp³-hybridized carbons (Fsp3) is 1.00. The molecule has 0 saturated carbocycles. The van der Waals surface area contributed by atoms with Crippen LogP contribution in [-0.2, 0) is 13.6 Å². The Kier molecular flexibility index (Phi) is 2.97. The van der Waals surface area contributed by atoms with Crippen LogP contribution in [0.25, 0.3) is 0 Å². The van der Waals surface area contributed by atoms with Gasteiger partial charge < -0.3 is 9.05 Å². The minimum atomic E-state index is -2.84. The molecular formula is C8H17O3P. The first kappa shape index (κ1) is 10.2. The van der Waals surface area contributed by atoms with E-state index < -0.39 is 12.8 Å². The molecule has 0 amide bonds. The van der Waals surface area contributed by atoms with Gasteiger partial charge in [0.2, 0.25) is 0 Å². The van der Waals surface area contributed by atoms with Crippen molar-refractivity contribution in [1.29, 1.82) is 0 Å². The highest BCUT2D eigenvalue weighted by molar-refractivity contribution is 7.55. The third-order valence-corrected chi connectivity index (χ3v) is 4.57. The maximum absolute atomic E-state index is 12.0. The van der Waals surface area contributed by atoms with Crippen molar-refractivity contribution in [2.45, 2.75) is 38.8 Å². The van der Waals surface area contributed by atoms with E-state index in [-0.39, 0.29) is 0 Å². The van der Waals surface area contributed by atoms with E-state index in [0.29, 0.717) is 13.2 Å². The van der Waals surface area contributed by atoms with Crippen LogP contribution >= 0.6 is 7.60 Å². The molecule has 1 saturated heterocycles. The van der Waals surface area contributed by atoms with Crippen molar-refractivity contribution < 1.29 is 13.6 Å². The van der Waals surface area contributed by atoms with Crippen molar-refractivity contribution in [2.75, 3.05) is 13.2 Å². The average Bonchev–Trinajstić information content (AvgIpc) is 2.12. The Morgan fingerprint density at radius 1 is 1.08 bits per heavy atom. The third kappa shape index (κ3) is 2.09. The van der Waals surface area contributed by atoms with Crippen LogP contribution in [0, 0.1) is 0 Å². The fourth-order valence-corrected chi connectivity index (χ4v) is 2.59. The summed E-state index contributed by atoms with van der Waals surface area (Å²) in [6.45, 7) is 6.79. The Morgan fingerprint density at radius 2 is 1.50 bits per heavy atom. The molecule has 0 aromatic heterocycles. The summed E-state index contributed by atoms with van der Waals surface area (Å²) in [5, 5.41) is -0.392. The third-order valence-electron chi connectivity index (χ3n) is 1.88. The second-order valence-electron chi connectivity index (χ2n) is 4.04. The molecule has 0 aliphatic carbocycles. The SMILES string of the molecule is CC(C)(C)P1(=O)OCCCCO1. The molecule has 1 heterocycles. The normalized spacial score (nSPS) is 24.9. The van der Waals surface area contributed by atoms with Crippen LogP contribution in [0.4, 0.5) is 0 Å². The second kappa shape index (κ2) is 3.49. The van der Waals surface area contributed by atoms with Gasteiger partial charge in [-0.15, -0.1) is 0 Å². The van der Waals surface area contributed by atoms with E-state index in [4.69, 9.17) is 9.05 Å². The molecule has 0 aromatic rings. The van der Waals surface area contributed by atoms with Gasteiger partial charge in [-0.05, 0) is 33.6 Å². The summed E-state index contributed by atoms with van der Waals surface area (Å²) >= 11 is 0. The summed E-state index contributed by atoms with van der Waals surface area (Å²) in [6, 6.07) is 0. The predicted octanol–water partition coefficient (Wildman–Crippen LogP) is 2.81. The summed E-state index contributed by atoms with van der Waals surface area (Å²) in [4.78, 5) is 0. The van der Waals surface area contributed by atoms with Crippen molar-refractivity contribution in [3.8, 4) is 0 Å². The van der Waals surface area contributed by atoms with Gasteiger partial charge in [0.05, 0.1) is 18.4 Å². The molecule has 1 fully saturated rings. The summed E-state index contributed by atoms with van der Waals surface area (Å²) in [7, 11) is -2.84. The van der Waals surface area contributed by atoms with Crippen molar-refractivity contribution in [2.24, 2.45) is 0 Å². The van der Waals surface area contributed by atoms with E-state index in [1.54, 1.807) is 0 Å². The van der Waals surface area contributed by atoms with Crippen molar-refractivity contribution >= 4 is 7.60 Å². The largest absolute Gasteiger partial charge is 0.335 e. The zero-order valence-corrected chi connectivity index (χ0v) is 8.89. The van der Waals surface area contributed by atoms with E-state index >= 15 is 0 Å². The summed E-state index contributed by atoms with van der Waals surface area (Å²) in [6.07, 6.45) is 1.89. The molecule has 1 rings (SSSR count). The second-order valence-corrected chi connectivity index (χ2v) is 6.89. The zero-order valence-electron chi connectivity index (χ0n) is 8.00. The van der Waals surface area contributed by atoms with Crippen molar-refractivity contribution in [3.63, 3.8) is 0 Å². The van der Waals surface area contributed by atoms with Crippen molar-refractivity contribution in [3.05, 3.63) is 0 Å².